The van der Waals surface area contributed by atoms with E-state index in [1.165, 1.54) is 11.3 Å². The molecule has 1 aromatic rings. The minimum Gasteiger partial charge on any atom is -0.313 e. The molecule has 0 spiro atoms. The van der Waals surface area contributed by atoms with Gasteiger partial charge in [-0.15, -0.1) is 11.3 Å². The van der Waals surface area contributed by atoms with Crippen molar-refractivity contribution in [2.45, 2.75) is 38.9 Å². The maximum atomic E-state index is 4.13. The van der Waals surface area contributed by atoms with Crippen molar-refractivity contribution in [3.8, 4) is 0 Å². The fourth-order valence-corrected chi connectivity index (χ4v) is 2.68. The van der Waals surface area contributed by atoms with Gasteiger partial charge in [-0.3, -0.25) is 9.88 Å². The van der Waals surface area contributed by atoms with Gasteiger partial charge in [0.15, 0.2) is 0 Å². The minimum absolute atomic E-state index is 0.600. The van der Waals surface area contributed by atoms with E-state index in [1.807, 2.05) is 11.7 Å². The normalized spacial score (nSPS) is 28.9. The third kappa shape index (κ3) is 3.00. The summed E-state index contributed by atoms with van der Waals surface area (Å²) >= 11 is 1.75. The third-order valence-corrected chi connectivity index (χ3v) is 3.79. The van der Waals surface area contributed by atoms with Crippen LogP contribution in [0.25, 0.3) is 0 Å². The summed E-state index contributed by atoms with van der Waals surface area (Å²) in [5.41, 5.74) is 1.92. The summed E-state index contributed by atoms with van der Waals surface area (Å²) in [5.74, 6) is 0. The standard InChI is InChI=1S/C11H19N3S/c1-9-6-14(10(2)3-4-13-9)7-11-5-12-8-15-11/h5,8-10,13H,3-4,6-7H2,1-2H3. The Labute approximate surface area is 95.5 Å². The van der Waals surface area contributed by atoms with Crippen LogP contribution in [0.1, 0.15) is 25.1 Å². The molecule has 0 aromatic carbocycles. The zero-order valence-corrected chi connectivity index (χ0v) is 10.3. The molecule has 4 heteroatoms. The Morgan fingerprint density at radius 1 is 1.60 bits per heavy atom. The molecule has 2 heterocycles. The summed E-state index contributed by atoms with van der Waals surface area (Å²) in [6.45, 7) is 7.91. The third-order valence-electron chi connectivity index (χ3n) is 3.03. The summed E-state index contributed by atoms with van der Waals surface area (Å²) in [6.07, 6.45) is 3.23. The SMILES string of the molecule is CC1CN(Cc2cncs2)C(C)CCN1. The number of nitrogens with zero attached hydrogens (tertiary/aromatic N) is 2. The summed E-state index contributed by atoms with van der Waals surface area (Å²) in [5, 5.41) is 3.53. The molecule has 84 valence electrons. The van der Waals surface area contributed by atoms with E-state index in [4.69, 9.17) is 0 Å². The van der Waals surface area contributed by atoms with Crippen molar-refractivity contribution in [2.75, 3.05) is 13.1 Å². The Balaban J connectivity index is 1.98. The molecular formula is C11H19N3S. The number of nitrogens with one attached hydrogen (secondary N) is 1. The van der Waals surface area contributed by atoms with Gasteiger partial charge in [-0.1, -0.05) is 0 Å². The molecule has 1 aliphatic rings. The van der Waals surface area contributed by atoms with E-state index in [-0.39, 0.29) is 0 Å². The first-order valence-electron chi connectivity index (χ1n) is 5.60. The zero-order chi connectivity index (χ0) is 10.7. The highest BCUT2D eigenvalue weighted by Crippen LogP contribution is 2.15. The van der Waals surface area contributed by atoms with Crippen LogP contribution in [0, 0.1) is 0 Å². The predicted molar refractivity (Wildman–Crippen MR) is 64.1 cm³/mol. The molecule has 2 atom stereocenters. The Morgan fingerprint density at radius 3 is 3.20 bits per heavy atom. The van der Waals surface area contributed by atoms with Crippen molar-refractivity contribution < 1.29 is 0 Å². The molecule has 0 amide bonds. The molecule has 1 saturated heterocycles. The van der Waals surface area contributed by atoms with Crippen molar-refractivity contribution in [3.05, 3.63) is 16.6 Å². The van der Waals surface area contributed by atoms with E-state index < -0.39 is 0 Å². The highest BCUT2D eigenvalue weighted by molar-refractivity contribution is 7.09. The van der Waals surface area contributed by atoms with Crippen molar-refractivity contribution in [3.63, 3.8) is 0 Å². The number of rotatable bonds is 2. The van der Waals surface area contributed by atoms with Gasteiger partial charge in [0.05, 0.1) is 5.51 Å². The first-order valence-corrected chi connectivity index (χ1v) is 6.48. The van der Waals surface area contributed by atoms with Crippen molar-refractivity contribution in [1.82, 2.24) is 15.2 Å². The molecule has 3 nitrogen and oxygen atoms in total. The summed E-state index contributed by atoms with van der Waals surface area (Å²) in [4.78, 5) is 8.06. The van der Waals surface area contributed by atoms with Crippen LogP contribution in [0.15, 0.2) is 11.7 Å². The average molecular weight is 225 g/mol. The number of thiazole rings is 1. The molecule has 2 rings (SSSR count). The fraction of sp³-hybridized carbons (Fsp3) is 0.727. The summed E-state index contributed by atoms with van der Waals surface area (Å²) < 4.78 is 0. The van der Waals surface area contributed by atoms with Gasteiger partial charge in [-0.2, -0.15) is 0 Å². The topological polar surface area (TPSA) is 28.2 Å². The van der Waals surface area contributed by atoms with Gasteiger partial charge in [-0.25, -0.2) is 0 Å². The molecule has 1 fully saturated rings. The van der Waals surface area contributed by atoms with Crippen LogP contribution >= 0.6 is 11.3 Å². The van der Waals surface area contributed by atoms with E-state index in [0.717, 1.165) is 19.6 Å². The average Bonchev–Trinajstić information content (AvgIpc) is 2.63. The van der Waals surface area contributed by atoms with E-state index in [9.17, 15) is 0 Å². The Kier molecular flexibility index (Phi) is 3.72. The molecule has 1 aromatic heterocycles. The smallest absolute Gasteiger partial charge is 0.0794 e. The summed E-state index contributed by atoms with van der Waals surface area (Å²) in [6, 6.07) is 1.27. The molecule has 1 aliphatic heterocycles. The van der Waals surface area contributed by atoms with Crippen LogP contribution < -0.4 is 5.32 Å². The monoisotopic (exact) mass is 225 g/mol. The quantitative estimate of drug-likeness (QED) is 0.830. The van der Waals surface area contributed by atoms with Crippen molar-refractivity contribution >= 4 is 11.3 Å². The molecule has 1 N–H and O–H groups in total. The lowest BCUT2D eigenvalue weighted by molar-refractivity contribution is 0.200. The number of aromatic nitrogens is 1. The maximum Gasteiger partial charge on any atom is 0.0794 e. The molecule has 0 bridgehead atoms. The van der Waals surface area contributed by atoms with Gasteiger partial charge in [0.2, 0.25) is 0 Å². The van der Waals surface area contributed by atoms with Crippen molar-refractivity contribution in [1.29, 1.82) is 0 Å². The molecule has 2 unspecified atom stereocenters. The van der Waals surface area contributed by atoms with E-state index in [2.05, 4.69) is 29.0 Å². The van der Waals surface area contributed by atoms with E-state index >= 15 is 0 Å². The van der Waals surface area contributed by atoms with Gasteiger partial charge in [0, 0.05) is 36.2 Å². The van der Waals surface area contributed by atoms with Gasteiger partial charge < -0.3 is 5.32 Å². The van der Waals surface area contributed by atoms with Crippen molar-refractivity contribution in [2.24, 2.45) is 0 Å². The molecular weight excluding hydrogens is 206 g/mol. The first kappa shape index (κ1) is 11.0. The van der Waals surface area contributed by atoms with Crippen LogP contribution in [0.2, 0.25) is 0 Å². The van der Waals surface area contributed by atoms with Gasteiger partial charge in [-0.05, 0) is 26.8 Å². The van der Waals surface area contributed by atoms with Gasteiger partial charge in [0.1, 0.15) is 0 Å². The summed E-state index contributed by atoms with van der Waals surface area (Å²) in [7, 11) is 0. The van der Waals surface area contributed by atoms with Crippen LogP contribution in [0.3, 0.4) is 0 Å². The molecule has 0 radical (unpaired) electrons. The van der Waals surface area contributed by atoms with Crippen LogP contribution in [-0.2, 0) is 6.54 Å². The largest absolute Gasteiger partial charge is 0.313 e. The number of hydrogen-bond donors (Lipinski definition) is 1. The second kappa shape index (κ2) is 5.05. The van der Waals surface area contributed by atoms with Gasteiger partial charge in [0.25, 0.3) is 0 Å². The van der Waals surface area contributed by atoms with E-state index in [0.29, 0.717) is 12.1 Å². The van der Waals surface area contributed by atoms with Crippen LogP contribution in [-0.4, -0.2) is 35.1 Å². The minimum atomic E-state index is 0.600. The lowest BCUT2D eigenvalue weighted by Gasteiger charge is -2.27. The zero-order valence-electron chi connectivity index (χ0n) is 9.44. The first-order chi connectivity index (χ1) is 7.25. The molecule has 0 saturated carbocycles. The number of hydrogen-bond acceptors (Lipinski definition) is 4. The fourth-order valence-electron chi connectivity index (χ4n) is 2.06. The lowest BCUT2D eigenvalue weighted by atomic mass is 10.2. The Bertz CT molecular complexity index is 286. The van der Waals surface area contributed by atoms with Crippen LogP contribution in [0.5, 0.6) is 0 Å². The highest BCUT2D eigenvalue weighted by atomic mass is 32.1. The van der Waals surface area contributed by atoms with E-state index in [1.54, 1.807) is 11.3 Å². The Morgan fingerprint density at radius 2 is 2.47 bits per heavy atom. The van der Waals surface area contributed by atoms with Gasteiger partial charge >= 0.3 is 0 Å². The lowest BCUT2D eigenvalue weighted by Crippen LogP contribution is -2.37. The Hall–Kier alpha value is -0.450. The highest BCUT2D eigenvalue weighted by Gasteiger charge is 2.20. The second-order valence-corrected chi connectivity index (χ2v) is 5.36. The molecule has 0 aliphatic carbocycles. The maximum absolute atomic E-state index is 4.13. The van der Waals surface area contributed by atoms with Crippen LogP contribution in [0.4, 0.5) is 0 Å². The second-order valence-electron chi connectivity index (χ2n) is 4.39. The predicted octanol–water partition coefficient (Wildman–Crippen LogP) is 1.72. The molecule has 15 heavy (non-hydrogen) atoms.